The van der Waals surface area contributed by atoms with Crippen LogP contribution in [0.5, 0.6) is 0 Å². The van der Waals surface area contributed by atoms with Crippen molar-refractivity contribution in [3.05, 3.63) is 41.8 Å². The number of rotatable bonds is 4. The van der Waals surface area contributed by atoms with Crippen molar-refractivity contribution in [3.63, 3.8) is 0 Å². The number of anilines is 1. The average Bonchev–Trinajstić information content (AvgIpc) is 3.22. The van der Waals surface area contributed by atoms with Crippen LogP contribution in [0.4, 0.5) is 10.2 Å². The van der Waals surface area contributed by atoms with Gasteiger partial charge in [-0.1, -0.05) is 12.1 Å². The molecule has 3 heterocycles. The fraction of sp³-hybridized carbons (Fsp3) is 0.421. The lowest BCUT2D eigenvalue weighted by molar-refractivity contribution is 0.0930. The van der Waals surface area contributed by atoms with Crippen LogP contribution in [0.2, 0.25) is 0 Å². The molecule has 2 saturated heterocycles. The van der Waals surface area contributed by atoms with Crippen molar-refractivity contribution in [1.29, 1.82) is 0 Å². The summed E-state index contributed by atoms with van der Waals surface area (Å²) in [5.74, 6) is 0.0247. The number of aromatic nitrogens is 2. The van der Waals surface area contributed by atoms with E-state index < -0.39 is 5.82 Å². The van der Waals surface area contributed by atoms with E-state index in [0.29, 0.717) is 56.5 Å². The third kappa shape index (κ3) is 4.06. The lowest BCUT2D eigenvalue weighted by Gasteiger charge is -2.28. The molecule has 0 spiro atoms. The number of carbonyl (C=O) groups is 1. The molecule has 1 aromatic carbocycles. The van der Waals surface area contributed by atoms with Crippen LogP contribution in [0.15, 0.2) is 30.5 Å². The number of hydrogen-bond donors (Lipinski definition) is 1. The fourth-order valence-corrected chi connectivity index (χ4v) is 3.21. The third-order valence-corrected chi connectivity index (χ3v) is 4.68. The van der Waals surface area contributed by atoms with Gasteiger partial charge in [0.05, 0.1) is 32.1 Å². The van der Waals surface area contributed by atoms with Crippen LogP contribution in [0, 0.1) is 5.82 Å². The number of amides is 1. The molecule has 2 aliphatic rings. The van der Waals surface area contributed by atoms with E-state index in [1.807, 2.05) is 11.0 Å². The van der Waals surface area contributed by atoms with E-state index in [0.717, 1.165) is 6.42 Å². The number of nitrogens with zero attached hydrogens (tertiary/aromatic N) is 3. The summed E-state index contributed by atoms with van der Waals surface area (Å²) in [6.45, 7) is 3.45. The lowest BCUT2D eigenvalue weighted by atomic mass is 10.1. The Bertz CT molecular complexity index is 820. The Labute approximate surface area is 156 Å². The molecule has 27 heavy (non-hydrogen) atoms. The summed E-state index contributed by atoms with van der Waals surface area (Å²) in [6.07, 6.45) is 1.99. The molecule has 8 heteroatoms. The summed E-state index contributed by atoms with van der Waals surface area (Å²) < 4.78 is 24.8. The van der Waals surface area contributed by atoms with Gasteiger partial charge in [-0.3, -0.25) is 4.79 Å². The number of hydrogen-bond acceptors (Lipinski definition) is 6. The van der Waals surface area contributed by atoms with E-state index in [4.69, 9.17) is 9.47 Å². The van der Waals surface area contributed by atoms with Gasteiger partial charge < -0.3 is 19.7 Å². The molecule has 7 nitrogen and oxygen atoms in total. The molecule has 0 aliphatic carbocycles. The zero-order chi connectivity index (χ0) is 18.6. The topological polar surface area (TPSA) is 76.6 Å². The SMILES string of the molecule is O=C(N[C@H]1CCOC1)c1cccc(-c2ncc(F)c(N3CCOCC3)n2)c1. The van der Waals surface area contributed by atoms with Gasteiger partial charge in [0.1, 0.15) is 0 Å². The van der Waals surface area contributed by atoms with Gasteiger partial charge >= 0.3 is 0 Å². The van der Waals surface area contributed by atoms with Crippen LogP contribution < -0.4 is 10.2 Å². The molecule has 1 N–H and O–H groups in total. The maximum absolute atomic E-state index is 14.2. The maximum Gasteiger partial charge on any atom is 0.251 e. The molecule has 1 aromatic heterocycles. The molecule has 2 aliphatic heterocycles. The number of halogens is 1. The van der Waals surface area contributed by atoms with Gasteiger partial charge in [0.2, 0.25) is 0 Å². The highest BCUT2D eigenvalue weighted by Crippen LogP contribution is 2.23. The summed E-state index contributed by atoms with van der Waals surface area (Å²) in [5, 5.41) is 2.96. The Hall–Kier alpha value is -2.58. The van der Waals surface area contributed by atoms with Crippen LogP contribution in [0.25, 0.3) is 11.4 Å². The van der Waals surface area contributed by atoms with Crippen molar-refractivity contribution in [2.75, 3.05) is 44.4 Å². The summed E-state index contributed by atoms with van der Waals surface area (Å²) in [4.78, 5) is 22.8. The zero-order valence-corrected chi connectivity index (χ0v) is 14.9. The Kier molecular flexibility index (Phi) is 5.26. The first-order valence-electron chi connectivity index (χ1n) is 9.05. The van der Waals surface area contributed by atoms with E-state index in [9.17, 15) is 9.18 Å². The number of ether oxygens (including phenoxy) is 2. The molecule has 0 bridgehead atoms. The van der Waals surface area contributed by atoms with Gasteiger partial charge in [-0.15, -0.1) is 0 Å². The Morgan fingerprint density at radius 2 is 2.07 bits per heavy atom. The highest BCUT2D eigenvalue weighted by atomic mass is 19.1. The summed E-state index contributed by atoms with van der Waals surface area (Å²) in [7, 11) is 0. The smallest absolute Gasteiger partial charge is 0.251 e. The molecule has 0 radical (unpaired) electrons. The van der Waals surface area contributed by atoms with E-state index in [1.54, 1.807) is 18.2 Å². The average molecular weight is 372 g/mol. The van der Waals surface area contributed by atoms with E-state index >= 15 is 0 Å². The highest BCUT2D eigenvalue weighted by molar-refractivity contribution is 5.95. The molecule has 4 rings (SSSR count). The maximum atomic E-state index is 14.2. The molecular formula is C19H21FN4O3. The molecule has 0 saturated carbocycles. The van der Waals surface area contributed by atoms with E-state index in [1.165, 1.54) is 6.20 Å². The minimum atomic E-state index is -0.462. The van der Waals surface area contributed by atoms with Crippen molar-refractivity contribution < 1.29 is 18.7 Å². The molecular weight excluding hydrogens is 351 g/mol. The van der Waals surface area contributed by atoms with Crippen molar-refractivity contribution >= 4 is 11.7 Å². The first-order chi connectivity index (χ1) is 13.2. The summed E-state index contributed by atoms with van der Waals surface area (Å²) in [5.41, 5.74) is 1.18. The standard InChI is InChI=1S/C19H21FN4O3/c20-16-11-21-17(23-18(16)24-5-8-26-9-6-24)13-2-1-3-14(10-13)19(25)22-15-4-7-27-12-15/h1-3,10-11,15H,4-9,12H2,(H,22,25)/t15-/m0/s1. The first kappa shape index (κ1) is 17.8. The van der Waals surface area contributed by atoms with Gasteiger partial charge in [-0.25, -0.2) is 14.4 Å². The lowest BCUT2D eigenvalue weighted by Crippen LogP contribution is -2.37. The minimum absolute atomic E-state index is 0.0381. The third-order valence-electron chi connectivity index (χ3n) is 4.68. The second kappa shape index (κ2) is 7.98. The number of benzene rings is 1. The van der Waals surface area contributed by atoms with Crippen molar-refractivity contribution in [2.24, 2.45) is 0 Å². The molecule has 1 amide bonds. The number of carbonyl (C=O) groups excluding carboxylic acids is 1. The predicted molar refractivity (Wildman–Crippen MR) is 97.1 cm³/mol. The van der Waals surface area contributed by atoms with Crippen molar-refractivity contribution in [2.45, 2.75) is 12.5 Å². The summed E-state index contributed by atoms with van der Waals surface area (Å²) >= 11 is 0. The van der Waals surface area contributed by atoms with Gasteiger partial charge in [0.15, 0.2) is 17.5 Å². The second-order valence-electron chi connectivity index (χ2n) is 6.58. The van der Waals surface area contributed by atoms with E-state index in [-0.39, 0.29) is 17.8 Å². The molecule has 1 atom stereocenters. The molecule has 2 fully saturated rings. The van der Waals surface area contributed by atoms with Crippen molar-refractivity contribution in [3.8, 4) is 11.4 Å². The Morgan fingerprint density at radius 3 is 2.85 bits per heavy atom. The Morgan fingerprint density at radius 1 is 1.22 bits per heavy atom. The van der Waals surface area contributed by atoms with E-state index in [2.05, 4.69) is 15.3 Å². The largest absolute Gasteiger partial charge is 0.379 e. The molecule has 2 aromatic rings. The minimum Gasteiger partial charge on any atom is -0.379 e. The summed E-state index contributed by atoms with van der Waals surface area (Å²) in [6, 6.07) is 7.08. The number of nitrogens with one attached hydrogen (secondary N) is 1. The normalized spacial score (nSPS) is 19.9. The van der Waals surface area contributed by atoms with Gasteiger partial charge in [0.25, 0.3) is 5.91 Å². The first-order valence-corrected chi connectivity index (χ1v) is 9.05. The fourth-order valence-electron chi connectivity index (χ4n) is 3.21. The van der Waals surface area contributed by atoms with Gasteiger partial charge in [0, 0.05) is 30.8 Å². The van der Waals surface area contributed by atoms with Crippen LogP contribution in [0.3, 0.4) is 0 Å². The van der Waals surface area contributed by atoms with Crippen LogP contribution in [0.1, 0.15) is 16.8 Å². The molecule has 142 valence electrons. The molecule has 0 unspecified atom stereocenters. The van der Waals surface area contributed by atoms with Crippen LogP contribution >= 0.6 is 0 Å². The second-order valence-corrected chi connectivity index (χ2v) is 6.58. The monoisotopic (exact) mass is 372 g/mol. The highest BCUT2D eigenvalue weighted by Gasteiger charge is 2.20. The predicted octanol–water partition coefficient (Wildman–Crippen LogP) is 1.64. The Balaban J connectivity index is 1.57. The number of morpholine rings is 1. The van der Waals surface area contributed by atoms with Gasteiger partial charge in [-0.2, -0.15) is 0 Å². The van der Waals surface area contributed by atoms with Crippen LogP contribution in [-0.4, -0.2) is 61.4 Å². The van der Waals surface area contributed by atoms with Crippen molar-refractivity contribution in [1.82, 2.24) is 15.3 Å². The van der Waals surface area contributed by atoms with Crippen LogP contribution in [-0.2, 0) is 9.47 Å². The zero-order valence-electron chi connectivity index (χ0n) is 14.9. The quantitative estimate of drug-likeness (QED) is 0.879. The van der Waals surface area contributed by atoms with Gasteiger partial charge in [-0.05, 0) is 18.6 Å².